The molecule has 2 aliphatic rings. The topological polar surface area (TPSA) is 80.3 Å². The summed E-state index contributed by atoms with van der Waals surface area (Å²) in [6.45, 7) is 7.33. The molecule has 7 nitrogen and oxygen atoms in total. The molecule has 0 fully saturated rings. The lowest BCUT2D eigenvalue weighted by atomic mass is 9.90. The Bertz CT molecular complexity index is 1160. The molecule has 0 saturated carbocycles. The molecule has 0 bridgehead atoms. The lowest BCUT2D eigenvalue weighted by molar-refractivity contribution is -0.123. The van der Waals surface area contributed by atoms with E-state index in [4.69, 9.17) is 14.6 Å². The number of ether oxygens (including phenoxy) is 1. The van der Waals surface area contributed by atoms with Crippen molar-refractivity contribution in [1.82, 2.24) is 15.0 Å². The van der Waals surface area contributed by atoms with Crippen molar-refractivity contribution in [3.8, 4) is 11.5 Å². The van der Waals surface area contributed by atoms with Gasteiger partial charge in [0.05, 0.1) is 18.2 Å². The van der Waals surface area contributed by atoms with Crippen molar-refractivity contribution in [2.45, 2.75) is 58.8 Å². The van der Waals surface area contributed by atoms with E-state index in [1.54, 1.807) is 6.20 Å². The average molecular weight is 447 g/mol. The van der Waals surface area contributed by atoms with E-state index in [0.29, 0.717) is 31.0 Å². The number of H-pyrrole nitrogens is 1. The molecule has 3 aromatic rings. The van der Waals surface area contributed by atoms with E-state index in [1.165, 1.54) is 5.06 Å². The number of hydrogen-bond acceptors (Lipinski definition) is 5. The summed E-state index contributed by atoms with van der Waals surface area (Å²) in [5.74, 6) is 3.03. The summed E-state index contributed by atoms with van der Waals surface area (Å²) < 4.78 is 6.03. The van der Waals surface area contributed by atoms with Crippen LogP contribution in [0.15, 0.2) is 42.7 Å². The van der Waals surface area contributed by atoms with Crippen LogP contribution in [0, 0.1) is 5.41 Å². The maximum absolute atomic E-state index is 12.5. The summed E-state index contributed by atoms with van der Waals surface area (Å²) in [4.78, 5) is 31.1. The summed E-state index contributed by atoms with van der Waals surface area (Å²) in [5, 5.41) is 1.32. The average Bonchev–Trinajstić information content (AvgIpc) is 3.28. The van der Waals surface area contributed by atoms with Gasteiger partial charge in [0.2, 0.25) is 0 Å². The molecule has 0 saturated heterocycles. The number of anilines is 1. The highest BCUT2D eigenvalue weighted by Crippen LogP contribution is 2.35. The van der Waals surface area contributed by atoms with Gasteiger partial charge in [-0.3, -0.25) is 4.79 Å². The minimum atomic E-state index is -0.0913. The molecule has 2 aliphatic heterocycles. The highest BCUT2D eigenvalue weighted by molar-refractivity contribution is 5.93. The Balaban J connectivity index is 1.31. The van der Waals surface area contributed by atoms with Gasteiger partial charge in [0.25, 0.3) is 5.91 Å². The number of pyridine rings is 1. The van der Waals surface area contributed by atoms with Gasteiger partial charge in [0.15, 0.2) is 11.6 Å². The summed E-state index contributed by atoms with van der Waals surface area (Å²) in [6, 6.07) is 9.56. The minimum Gasteiger partial charge on any atom is -0.493 e. The number of hydrogen-bond donors (Lipinski definition) is 1. The van der Waals surface area contributed by atoms with Crippen LogP contribution in [-0.4, -0.2) is 27.5 Å². The van der Waals surface area contributed by atoms with Crippen LogP contribution < -0.4 is 14.6 Å². The van der Waals surface area contributed by atoms with Gasteiger partial charge < -0.3 is 14.6 Å². The number of carbonyl (C=O) groups excluding carboxylic acids is 1. The number of aromatic nitrogens is 3. The van der Waals surface area contributed by atoms with Gasteiger partial charge in [0, 0.05) is 18.8 Å². The van der Waals surface area contributed by atoms with E-state index in [9.17, 15) is 4.79 Å². The van der Waals surface area contributed by atoms with Crippen LogP contribution in [0.1, 0.15) is 62.2 Å². The van der Waals surface area contributed by atoms with Crippen molar-refractivity contribution in [1.29, 1.82) is 0 Å². The Labute approximate surface area is 194 Å². The van der Waals surface area contributed by atoms with Crippen molar-refractivity contribution in [2.24, 2.45) is 5.41 Å². The van der Waals surface area contributed by atoms with Crippen LogP contribution in [0.2, 0.25) is 0 Å². The summed E-state index contributed by atoms with van der Waals surface area (Å²) in [6.07, 6.45) is 7.63. The fraction of sp³-hybridized carbons (Fsp3) is 0.423. The van der Waals surface area contributed by atoms with Crippen LogP contribution in [0.25, 0.3) is 0 Å². The SMILES string of the molecule is CC(C)(C)CCc1c[nH]c(C2COc3ccc(ON4C(=O)CCc5cccnc54)cc3C2)n1. The van der Waals surface area contributed by atoms with Crippen LogP contribution in [-0.2, 0) is 24.1 Å². The molecular weight excluding hydrogens is 416 g/mol. The molecule has 4 heterocycles. The quantitative estimate of drug-likeness (QED) is 0.610. The van der Waals surface area contributed by atoms with Crippen molar-refractivity contribution in [2.75, 3.05) is 11.7 Å². The molecule has 0 radical (unpaired) electrons. The predicted octanol–water partition coefficient (Wildman–Crippen LogP) is 4.78. The first kappa shape index (κ1) is 21.5. The first-order valence-electron chi connectivity index (χ1n) is 11.6. The van der Waals surface area contributed by atoms with Gasteiger partial charge in [-0.05, 0) is 66.5 Å². The Kier molecular flexibility index (Phi) is 5.56. The third kappa shape index (κ3) is 4.72. The van der Waals surface area contributed by atoms with Crippen LogP contribution in [0.3, 0.4) is 0 Å². The minimum absolute atomic E-state index is 0.0913. The fourth-order valence-corrected chi connectivity index (χ4v) is 4.29. The van der Waals surface area contributed by atoms with Crippen LogP contribution in [0.5, 0.6) is 11.5 Å². The van der Waals surface area contributed by atoms with Gasteiger partial charge in [-0.2, -0.15) is 0 Å². The molecule has 33 heavy (non-hydrogen) atoms. The molecule has 5 rings (SSSR count). The first-order valence-corrected chi connectivity index (χ1v) is 11.6. The highest BCUT2D eigenvalue weighted by Gasteiger charge is 2.29. The Hall–Kier alpha value is -3.35. The Morgan fingerprint density at radius 3 is 2.94 bits per heavy atom. The molecule has 1 aromatic carbocycles. The third-order valence-electron chi connectivity index (χ3n) is 6.20. The van der Waals surface area contributed by atoms with E-state index in [0.717, 1.165) is 47.7 Å². The van der Waals surface area contributed by atoms with E-state index in [1.807, 2.05) is 36.5 Å². The second-order valence-corrected chi connectivity index (χ2v) is 10.1. The number of nitrogens with zero attached hydrogens (tertiary/aromatic N) is 3. The van der Waals surface area contributed by atoms with E-state index >= 15 is 0 Å². The van der Waals surface area contributed by atoms with Gasteiger partial charge in [-0.25, -0.2) is 9.97 Å². The highest BCUT2D eigenvalue weighted by atomic mass is 16.7. The number of hydroxylamine groups is 1. The molecule has 1 atom stereocenters. The van der Waals surface area contributed by atoms with E-state index in [2.05, 4.69) is 30.7 Å². The fourth-order valence-electron chi connectivity index (χ4n) is 4.29. The van der Waals surface area contributed by atoms with Gasteiger partial charge >= 0.3 is 0 Å². The van der Waals surface area contributed by atoms with Gasteiger partial charge in [0.1, 0.15) is 11.6 Å². The zero-order valence-corrected chi connectivity index (χ0v) is 19.4. The third-order valence-corrected chi connectivity index (χ3v) is 6.20. The van der Waals surface area contributed by atoms with Crippen molar-refractivity contribution >= 4 is 11.7 Å². The monoisotopic (exact) mass is 446 g/mol. The number of benzene rings is 1. The van der Waals surface area contributed by atoms with E-state index in [-0.39, 0.29) is 17.2 Å². The number of amides is 1. The first-order chi connectivity index (χ1) is 15.9. The summed E-state index contributed by atoms with van der Waals surface area (Å²) >= 11 is 0. The standard InChI is InChI=1S/C26H30N4O3/c1-26(2,3)11-10-20-15-28-24(29-20)19-13-18-14-21(7-8-22(18)32-16-19)33-30-23(31)9-6-17-5-4-12-27-25(17)30/h4-5,7-8,12,14-15,19H,6,9-11,13,16H2,1-3H3,(H,28,29). The predicted molar refractivity (Wildman–Crippen MR) is 125 cm³/mol. The number of imidazole rings is 1. The summed E-state index contributed by atoms with van der Waals surface area (Å²) in [7, 11) is 0. The zero-order valence-electron chi connectivity index (χ0n) is 19.4. The molecule has 172 valence electrons. The normalized spacial score (nSPS) is 17.8. The van der Waals surface area contributed by atoms with Crippen LogP contribution in [0.4, 0.5) is 5.82 Å². The lowest BCUT2D eigenvalue weighted by Crippen LogP contribution is -2.38. The molecule has 1 amide bonds. The molecule has 0 aliphatic carbocycles. The molecule has 1 N–H and O–H groups in total. The van der Waals surface area contributed by atoms with Crippen molar-refractivity contribution in [3.05, 3.63) is 65.4 Å². The Morgan fingerprint density at radius 2 is 2.09 bits per heavy atom. The van der Waals surface area contributed by atoms with Crippen molar-refractivity contribution in [3.63, 3.8) is 0 Å². The smallest absolute Gasteiger partial charge is 0.262 e. The number of nitrogens with one attached hydrogen (secondary N) is 1. The maximum Gasteiger partial charge on any atom is 0.262 e. The number of aryl methyl sites for hydroxylation is 2. The molecule has 1 unspecified atom stereocenters. The van der Waals surface area contributed by atoms with Crippen LogP contribution >= 0.6 is 0 Å². The largest absolute Gasteiger partial charge is 0.493 e. The molecule has 2 aromatic heterocycles. The Morgan fingerprint density at radius 1 is 1.21 bits per heavy atom. The lowest BCUT2D eigenvalue weighted by Gasteiger charge is -2.28. The molecule has 0 spiro atoms. The molecule has 7 heteroatoms. The van der Waals surface area contributed by atoms with Crippen molar-refractivity contribution < 1.29 is 14.4 Å². The molecular formula is C26H30N4O3. The number of aromatic amines is 1. The number of carbonyl (C=O) groups is 1. The second-order valence-electron chi connectivity index (χ2n) is 10.1. The van der Waals surface area contributed by atoms with Gasteiger partial charge in [-0.1, -0.05) is 26.8 Å². The number of rotatable bonds is 5. The van der Waals surface area contributed by atoms with Gasteiger partial charge in [-0.15, -0.1) is 5.06 Å². The number of fused-ring (bicyclic) bond motifs is 2. The zero-order chi connectivity index (χ0) is 23.0. The maximum atomic E-state index is 12.5. The van der Waals surface area contributed by atoms with E-state index < -0.39 is 0 Å². The second kappa shape index (κ2) is 8.54. The summed E-state index contributed by atoms with van der Waals surface area (Å²) in [5.41, 5.74) is 3.44.